The smallest absolute Gasteiger partial charge is 0.224 e. The van der Waals surface area contributed by atoms with Gasteiger partial charge >= 0.3 is 0 Å². The number of likely N-dealkylation sites (tertiary alicyclic amines) is 1. The average Bonchev–Trinajstić information content (AvgIpc) is 2.93. The number of nitrogens with zero attached hydrogens (tertiary/aromatic N) is 2. The quantitative estimate of drug-likeness (QED) is 0.855. The van der Waals surface area contributed by atoms with Crippen LogP contribution in [0.1, 0.15) is 30.7 Å². The molecule has 1 aliphatic heterocycles. The van der Waals surface area contributed by atoms with Crippen molar-refractivity contribution in [2.24, 2.45) is 0 Å². The molecule has 1 aromatic carbocycles. The van der Waals surface area contributed by atoms with Gasteiger partial charge in [-0.05, 0) is 30.5 Å². The lowest BCUT2D eigenvalue weighted by atomic mass is 9.96. The van der Waals surface area contributed by atoms with Crippen LogP contribution in [-0.2, 0) is 4.79 Å². The maximum Gasteiger partial charge on any atom is 0.224 e. The van der Waals surface area contributed by atoms with E-state index in [1.807, 2.05) is 4.90 Å². The third-order valence-corrected chi connectivity index (χ3v) is 4.08. The number of rotatable bonds is 3. The maximum atomic E-state index is 12.1. The van der Waals surface area contributed by atoms with Crippen molar-refractivity contribution in [2.75, 3.05) is 13.1 Å². The molecular weight excluding hydrogens is 283 g/mol. The van der Waals surface area contributed by atoms with Crippen LogP contribution in [-0.4, -0.2) is 23.9 Å². The third kappa shape index (κ3) is 3.40. The van der Waals surface area contributed by atoms with Crippen molar-refractivity contribution in [1.82, 2.24) is 4.90 Å². The van der Waals surface area contributed by atoms with Crippen LogP contribution in [0.2, 0.25) is 10.0 Å². The molecule has 1 fully saturated rings. The van der Waals surface area contributed by atoms with Crippen molar-refractivity contribution in [2.45, 2.75) is 25.2 Å². The zero-order valence-electron chi connectivity index (χ0n) is 10.4. The van der Waals surface area contributed by atoms with Crippen molar-refractivity contribution in [1.29, 1.82) is 5.26 Å². The van der Waals surface area contributed by atoms with Crippen molar-refractivity contribution in [3.63, 3.8) is 0 Å². The molecule has 0 N–H and O–H groups in total. The number of halogens is 2. The zero-order chi connectivity index (χ0) is 13.8. The molecule has 1 saturated heterocycles. The molecule has 1 heterocycles. The van der Waals surface area contributed by atoms with Gasteiger partial charge in [0, 0.05) is 19.5 Å². The predicted octanol–water partition coefficient (Wildman–Crippen LogP) is 3.61. The first kappa shape index (κ1) is 14.2. The third-order valence-electron chi connectivity index (χ3n) is 3.34. The Morgan fingerprint density at radius 1 is 1.32 bits per heavy atom. The fourth-order valence-corrected chi connectivity index (χ4v) is 2.54. The zero-order valence-corrected chi connectivity index (χ0v) is 11.9. The highest BCUT2D eigenvalue weighted by Gasteiger charge is 2.23. The van der Waals surface area contributed by atoms with Crippen LogP contribution in [0, 0.1) is 11.3 Å². The summed E-state index contributed by atoms with van der Waals surface area (Å²) in [6, 6.07) is 7.24. The van der Waals surface area contributed by atoms with Crippen molar-refractivity contribution in [3.05, 3.63) is 33.8 Å². The Morgan fingerprint density at radius 2 is 2.00 bits per heavy atom. The molecule has 1 aliphatic rings. The standard InChI is InChI=1S/C14H14Cl2N2O/c15-12-4-3-10(7-13(12)16)11(9-17)8-14(19)18-5-1-2-6-18/h3-4,7,11H,1-2,5-6,8H2. The molecule has 1 unspecified atom stereocenters. The van der Waals surface area contributed by atoms with Crippen LogP contribution in [0.25, 0.3) is 0 Å². The van der Waals surface area contributed by atoms with Crippen LogP contribution in [0.15, 0.2) is 18.2 Å². The summed E-state index contributed by atoms with van der Waals surface area (Å²) < 4.78 is 0. The topological polar surface area (TPSA) is 44.1 Å². The molecule has 0 saturated carbocycles. The van der Waals surface area contributed by atoms with E-state index in [2.05, 4.69) is 6.07 Å². The van der Waals surface area contributed by atoms with E-state index < -0.39 is 5.92 Å². The highest BCUT2D eigenvalue weighted by atomic mass is 35.5. The fraction of sp³-hybridized carbons (Fsp3) is 0.429. The molecule has 1 atom stereocenters. The van der Waals surface area contributed by atoms with E-state index >= 15 is 0 Å². The first-order valence-corrected chi connectivity index (χ1v) is 6.99. The average molecular weight is 297 g/mol. The number of nitriles is 1. The normalized spacial score (nSPS) is 16.2. The Labute approximate surface area is 122 Å². The molecule has 100 valence electrons. The van der Waals surface area contributed by atoms with E-state index in [4.69, 9.17) is 23.2 Å². The summed E-state index contributed by atoms with van der Waals surface area (Å²) in [5.74, 6) is -0.432. The minimum Gasteiger partial charge on any atom is -0.343 e. The molecule has 1 amide bonds. The molecule has 0 bridgehead atoms. The molecule has 5 heteroatoms. The first-order valence-electron chi connectivity index (χ1n) is 6.24. The molecule has 0 radical (unpaired) electrons. The van der Waals surface area contributed by atoms with E-state index in [0.29, 0.717) is 10.0 Å². The lowest BCUT2D eigenvalue weighted by molar-refractivity contribution is -0.130. The van der Waals surface area contributed by atoms with Gasteiger partial charge in [0.1, 0.15) is 0 Å². The Kier molecular flexibility index (Phi) is 4.68. The number of amides is 1. The van der Waals surface area contributed by atoms with Gasteiger partial charge in [0.2, 0.25) is 5.91 Å². The number of hydrogen-bond donors (Lipinski definition) is 0. The van der Waals surface area contributed by atoms with E-state index in [1.165, 1.54) is 0 Å². The second kappa shape index (κ2) is 6.27. The van der Waals surface area contributed by atoms with E-state index in [-0.39, 0.29) is 12.3 Å². The monoisotopic (exact) mass is 296 g/mol. The Bertz CT molecular complexity index is 519. The van der Waals surface area contributed by atoms with Crippen LogP contribution in [0.5, 0.6) is 0 Å². The number of hydrogen-bond acceptors (Lipinski definition) is 2. The molecule has 3 nitrogen and oxygen atoms in total. The number of benzene rings is 1. The van der Waals surface area contributed by atoms with Gasteiger partial charge in [0.15, 0.2) is 0 Å². The van der Waals surface area contributed by atoms with Crippen molar-refractivity contribution >= 4 is 29.1 Å². The van der Waals surface area contributed by atoms with E-state index in [9.17, 15) is 10.1 Å². The fourth-order valence-electron chi connectivity index (χ4n) is 2.24. The van der Waals surface area contributed by atoms with Crippen LogP contribution >= 0.6 is 23.2 Å². The highest BCUT2D eigenvalue weighted by Crippen LogP contribution is 2.28. The van der Waals surface area contributed by atoms with Gasteiger partial charge in [0.25, 0.3) is 0 Å². The minimum atomic E-state index is -0.470. The lowest BCUT2D eigenvalue weighted by Gasteiger charge is -2.17. The van der Waals surface area contributed by atoms with Gasteiger partial charge in [0.05, 0.1) is 22.0 Å². The molecule has 2 rings (SSSR count). The van der Waals surface area contributed by atoms with Gasteiger partial charge < -0.3 is 4.90 Å². The Morgan fingerprint density at radius 3 is 2.58 bits per heavy atom. The summed E-state index contributed by atoms with van der Waals surface area (Å²) >= 11 is 11.8. The SMILES string of the molecule is N#CC(CC(=O)N1CCCC1)c1ccc(Cl)c(Cl)c1. The molecule has 0 aliphatic carbocycles. The molecule has 0 spiro atoms. The molecule has 1 aromatic rings. The van der Waals surface area contributed by atoms with Gasteiger partial charge in [-0.15, -0.1) is 0 Å². The van der Waals surface area contributed by atoms with Crippen molar-refractivity contribution in [3.8, 4) is 6.07 Å². The number of carbonyl (C=O) groups excluding carboxylic acids is 1. The minimum absolute atomic E-state index is 0.0372. The predicted molar refractivity (Wildman–Crippen MR) is 75.2 cm³/mol. The second-order valence-electron chi connectivity index (χ2n) is 4.65. The van der Waals surface area contributed by atoms with Crippen molar-refractivity contribution < 1.29 is 4.79 Å². The van der Waals surface area contributed by atoms with Crippen LogP contribution < -0.4 is 0 Å². The summed E-state index contributed by atoms with van der Waals surface area (Å²) in [5.41, 5.74) is 0.740. The Balaban J connectivity index is 2.09. The van der Waals surface area contributed by atoms with E-state index in [1.54, 1.807) is 18.2 Å². The van der Waals surface area contributed by atoms with Crippen LogP contribution in [0.4, 0.5) is 0 Å². The van der Waals surface area contributed by atoms with E-state index in [0.717, 1.165) is 31.5 Å². The summed E-state index contributed by atoms with van der Waals surface area (Å²) in [4.78, 5) is 13.9. The summed E-state index contributed by atoms with van der Waals surface area (Å²) in [5, 5.41) is 10.1. The highest BCUT2D eigenvalue weighted by molar-refractivity contribution is 6.42. The van der Waals surface area contributed by atoms with Crippen LogP contribution in [0.3, 0.4) is 0 Å². The molecule has 19 heavy (non-hydrogen) atoms. The van der Waals surface area contributed by atoms with Gasteiger partial charge in [-0.2, -0.15) is 5.26 Å². The lowest BCUT2D eigenvalue weighted by Crippen LogP contribution is -2.28. The number of carbonyl (C=O) groups is 1. The first-order chi connectivity index (χ1) is 9.11. The summed E-state index contributed by atoms with van der Waals surface area (Å²) in [7, 11) is 0. The van der Waals surface area contributed by atoms with Gasteiger partial charge in [-0.3, -0.25) is 4.79 Å². The summed E-state index contributed by atoms with van der Waals surface area (Å²) in [6.45, 7) is 1.61. The largest absolute Gasteiger partial charge is 0.343 e. The summed E-state index contributed by atoms with van der Waals surface area (Å²) in [6.07, 6.45) is 2.31. The molecular formula is C14H14Cl2N2O. The van der Waals surface area contributed by atoms with Gasteiger partial charge in [-0.25, -0.2) is 0 Å². The van der Waals surface area contributed by atoms with Gasteiger partial charge in [-0.1, -0.05) is 29.3 Å². The second-order valence-corrected chi connectivity index (χ2v) is 5.46. The Hall–Kier alpha value is -1.24. The molecule has 0 aromatic heterocycles. The maximum absolute atomic E-state index is 12.1.